The number of likely N-dealkylation sites (tertiary alicyclic amines) is 1. The standard InChI is InChI=1S/C18H28N2O2/c1-4-9-20-10-7-16(8-11-20)19-18(21)13-22-17-6-5-14(2)12-15(17)3/h5-6,12,16H,4,7-11,13H2,1-3H3,(H,19,21). The van der Waals surface area contributed by atoms with Gasteiger partial charge in [-0.15, -0.1) is 0 Å². The van der Waals surface area contributed by atoms with Gasteiger partial charge in [-0.05, 0) is 51.3 Å². The molecule has 1 fully saturated rings. The van der Waals surface area contributed by atoms with Crippen LogP contribution in [0.3, 0.4) is 0 Å². The van der Waals surface area contributed by atoms with Gasteiger partial charge >= 0.3 is 0 Å². The van der Waals surface area contributed by atoms with Gasteiger partial charge in [0, 0.05) is 19.1 Å². The monoisotopic (exact) mass is 304 g/mol. The van der Waals surface area contributed by atoms with Gasteiger partial charge in [-0.3, -0.25) is 4.79 Å². The molecule has 4 heteroatoms. The number of amides is 1. The number of benzene rings is 1. The van der Waals surface area contributed by atoms with Gasteiger partial charge in [-0.2, -0.15) is 0 Å². The Morgan fingerprint density at radius 1 is 1.32 bits per heavy atom. The van der Waals surface area contributed by atoms with E-state index in [0.717, 1.165) is 43.8 Å². The number of rotatable bonds is 6. The molecule has 0 spiro atoms. The number of aryl methyl sites for hydroxylation is 2. The third kappa shape index (κ3) is 5.02. The van der Waals surface area contributed by atoms with Crippen molar-refractivity contribution in [2.75, 3.05) is 26.2 Å². The van der Waals surface area contributed by atoms with Crippen LogP contribution in [0.15, 0.2) is 18.2 Å². The molecule has 1 heterocycles. The van der Waals surface area contributed by atoms with Crippen molar-refractivity contribution in [1.29, 1.82) is 0 Å². The summed E-state index contributed by atoms with van der Waals surface area (Å²) in [6.07, 6.45) is 3.27. The van der Waals surface area contributed by atoms with E-state index in [0.29, 0.717) is 6.04 Å². The molecule has 1 aromatic carbocycles. The van der Waals surface area contributed by atoms with Crippen LogP contribution in [0.4, 0.5) is 0 Å². The number of nitrogens with zero attached hydrogens (tertiary/aromatic N) is 1. The number of hydrogen-bond donors (Lipinski definition) is 1. The molecule has 0 radical (unpaired) electrons. The van der Waals surface area contributed by atoms with E-state index in [2.05, 4.69) is 23.2 Å². The van der Waals surface area contributed by atoms with E-state index in [-0.39, 0.29) is 12.5 Å². The number of carbonyl (C=O) groups is 1. The Morgan fingerprint density at radius 3 is 2.68 bits per heavy atom. The molecule has 1 aliphatic rings. The van der Waals surface area contributed by atoms with Gasteiger partial charge in [0.25, 0.3) is 5.91 Å². The number of carbonyl (C=O) groups excluding carboxylic acids is 1. The summed E-state index contributed by atoms with van der Waals surface area (Å²) >= 11 is 0. The zero-order valence-corrected chi connectivity index (χ0v) is 14.0. The molecule has 0 aromatic heterocycles. The van der Waals surface area contributed by atoms with Crippen LogP contribution in [0.1, 0.15) is 37.3 Å². The first kappa shape index (κ1) is 16.8. The highest BCUT2D eigenvalue weighted by molar-refractivity contribution is 5.77. The molecular formula is C18H28N2O2. The normalized spacial score (nSPS) is 16.5. The Morgan fingerprint density at radius 2 is 2.05 bits per heavy atom. The molecule has 0 unspecified atom stereocenters. The summed E-state index contributed by atoms with van der Waals surface area (Å²) in [5.41, 5.74) is 2.27. The molecule has 1 aliphatic heterocycles. The van der Waals surface area contributed by atoms with Gasteiger partial charge in [0.2, 0.25) is 0 Å². The average Bonchev–Trinajstić information content (AvgIpc) is 2.49. The first-order valence-corrected chi connectivity index (χ1v) is 8.30. The molecular weight excluding hydrogens is 276 g/mol. The SMILES string of the molecule is CCCN1CCC(NC(=O)COc2ccc(C)cc2C)CC1. The molecule has 1 N–H and O–H groups in total. The molecule has 4 nitrogen and oxygen atoms in total. The van der Waals surface area contributed by atoms with Crippen molar-refractivity contribution in [1.82, 2.24) is 10.2 Å². The molecule has 1 aromatic rings. The highest BCUT2D eigenvalue weighted by Crippen LogP contribution is 2.18. The van der Waals surface area contributed by atoms with Crippen molar-refractivity contribution in [3.05, 3.63) is 29.3 Å². The second kappa shape index (κ2) is 8.18. The van der Waals surface area contributed by atoms with Crippen LogP contribution in [0, 0.1) is 13.8 Å². The zero-order chi connectivity index (χ0) is 15.9. The lowest BCUT2D eigenvalue weighted by molar-refractivity contribution is -0.124. The topological polar surface area (TPSA) is 41.6 Å². The lowest BCUT2D eigenvalue weighted by atomic mass is 10.0. The Labute approximate surface area is 133 Å². The fraction of sp³-hybridized carbons (Fsp3) is 0.611. The minimum atomic E-state index is -0.0195. The maximum atomic E-state index is 12.0. The largest absolute Gasteiger partial charge is 0.484 e. The average molecular weight is 304 g/mol. The van der Waals surface area contributed by atoms with Crippen LogP contribution in [-0.2, 0) is 4.79 Å². The van der Waals surface area contributed by atoms with Crippen LogP contribution < -0.4 is 10.1 Å². The fourth-order valence-electron chi connectivity index (χ4n) is 2.99. The highest BCUT2D eigenvalue weighted by Gasteiger charge is 2.20. The van der Waals surface area contributed by atoms with E-state index < -0.39 is 0 Å². The third-order valence-electron chi connectivity index (χ3n) is 4.18. The number of nitrogens with one attached hydrogen (secondary N) is 1. The van der Waals surface area contributed by atoms with Crippen molar-refractivity contribution in [2.45, 2.75) is 46.1 Å². The lowest BCUT2D eigenvalue weighted by Gasteiger charge is -2.32. The molecule has 1 saturated heterocycles. The van der Waals surface area contributed by atoms with Crippen molar-refractivity contribution < 1.29 is 9.53 Å². The first-order valence-electron chi connectivity index (χ1n) is 8.30. The summed E-state index contributed by atoms with van der Waals surface area (Å²) in [5, 5.41) is 3.09. The van der Waals surface area contributed by atoms with E-state index >= 15 is 0 Å². The van der Waals surface area contributed by atoms with Crippen LogP contribution in [0.2, 0.25) is 0 Å². The Balaban J connectivity index is 1.72. The second-order valence-corrected chi connectivity index (χ2v) is 6.24. The highest BCUT2D eigenvalue weighted by atomic mass is 16.5. The van der Waals surface area contributed by atoms with Gasteiger partial charge < -0.3 is 15.0 Å². The van der Waals surface area contributed by atoms with Gasteiger partial charge in [0.1, 0.15) is 5.75 Å². The Kier molecular flexibility index (Phi) is 6.25. The molecule has 122 valence electrons. The second-order valence-electron chi connectivity index (χ2n) is 6.24. The van der Waals surface area contributed by atoms with Gasteiger partial charge in [0.15, 0.2) is 6.61 Å². The van der Waals surface area contributed by atoms with E-state index in [1.165, 1.54) is 12.0 Å². The number of hydrogen-bond acceptors (Lipinski definition) is 3. The maximum absolute atomic E-state index is 12.0. The van der Waals surface area contributed by atoms with Gasteiger partial charge in [-0.1, -0.05) is 24.6 Å². The van der Waals surface area contributed by atoms with E-state index in [1.807, 2.05) is 26.0 Å². The summed E-state index contributed by atoms with van der Waals surface area (Å²) in [7, 11) is 0. The smallest absolute Gasteiger partial charge is 0.258 e. The van der Waals surface area contributed by atoms with Crippen LogP contribution >= 0.6 is 0 Å². The van der Waals surface area contributed by atoms with Crippen LogP contribution in [0.5, 0.6) is 5.75 Å². The third-order valence-corrected chi connectivity index (χ3v) is 4.18. The summed E-state index contributed by atoms with van der Waals surface area (Å²) < 4.78 is 5.63. The molecule has 0 aliphatic carbocycles. The van der Waals surface area contributed by atoms with Crippen molar-refractivity contribution >= 4 is 5.91 Å². The first-order chi connectivity index (χ1) is 10.6. The Bertz CT molecular complexity index is 494. The predicted octanol–water partition coefficient (Wildman–Crippen LogP) is 2.67. The van der Waals surface area contributed by atoms with Crippen molar-refractivity contribution in [3.8, 4) is 5.75 Å². The molecule has 0 atom stereocenters. The molecule has 0 bridgehead atoms. The lowest BCUT2D eigenvalue weighted by Crippen LogP contribution is -2.46. The quantitative estimate of drug-likeness (QED) is 0.878. The minimum absolute atomic E-state index is 0.0195. The van der Waals surface area contributed by atoms with Gasteiger partial charge in [0.05, 0.1) is 0 Å². The van der Waals surface area contributed by atoms with E-state index in [9.17, 15) is 4.79 Å². The summed E-state index contributed by atoms with van der Waals surface area (Å²) in [5.74, 6) is 0.771. The molecule has 0 saturated carbocycles. The van der Waals surface area contributed by atoms with E-state index in [4.69, 9.17) is 4.74 Å². The number of piperidine rings is 1. The zero-order valence-electron chi connectivity index (χ0n) is 14.0. The molecule has 2 rings (SSSR count). The van der Waals surface area contributed by atoms with Crippen LogP contribution in [0.25, 0.3) is 0 Å². The maximum Gasteiger partial charge on any atom is 0.258 e. The fourth-order valence-corrected chi connectivity index (χ4v) is 2.99. The summed E-state index contributed by atoms with van der Waals surface area (Å²) in [6.45, 7) is 9.68. The van der Waals surface area contributed by atoms with E-state index in [1.54, 1.807) is 0 Å². The van der Waals surface area contributed by atoms with Crippen molar-refractivity contribution in [2.24, 2.45) is 0 Å². The molecule has 1 amide bonds. The Hall–Kier alpha value is -1.55. The summed E-state index contributed by atoms with van der Waals surface area (Å²) in [4.78, 5) is 14.5. The van der Waals surface area contributed by atoms with Crippen LogP contribution in [-0.4, -0.2) is 43.1 Å². The predicted molar refractivity (Wildman–Crippen MR) is 89.3 cm³/mol. The van der Waals surface area contributed by atoms with Crippen molar-refractivity contribution in [3.63, 3.8) is 0 Å². The minimum Gasteiger partial charge on any atom is -0.484 e. The molecule has 22 heavy (non-hydrogen) atoms. The number of ether oxygens (including phenoxy) is 1. The van der Waals surface area contributed by atoms with Gasteiger partial charge in [-0.25, -0.2) is 0 Å². The summed E-state index contributed by atoms with van der Waals surface area (Å²) in [6, 6.07) is 6.30.